The maximum atomic E-state index is 13.5. The number of carboxylic acids is 1. The Morgan fingerprint density at radius 1 is 0.930 bits per heavy atom. The van der Waals surface area contributed by atoms with Crippen molar-refractivity contribution in [3.05, 3.63) is 78.0 Å². The zero-order chi connectivity index (χ0) is 31.1. The molecule has 5 atom stereocenters. The van der Waals surface area contributed by atoms with E-state index in [4.69, 9.17) is 10.5 Å². The fraction of sp³-hybridized carbons (Fsp3) is 0.355. The van der Waals surface area contributed by atoms with E-state index in [1.165, 1.54) is 6.07 Å². The molecule has 12 nitrogen and oxygen atoms in total. The molecule has 0 aliphatic carbocycles. The van der Waals surface area contributed by atoms with Crippen molar-refractivity contribution < 1.29 is 33.8 Å². The van der Waals surface area contributed by atoms with Gasteiger partial charge in [0, 0.05) is 5.39 Å². The second-order valence-electron chi connectivity index (χ2n) is 10.9. The average molecular weight is 590 g/mol. The van der Waals surface area contributed by atoms with Crippen LogP contribution in [-0.2, 0) is 30.3 Å². The Morgan fingerprint density at radius 3 is 2.30 bits per heavy atom. The number of carbonyl (C=O) groups excluding carboxylic acids is 4. The minimum atomic E-state index is -1.29. The molecule has 1 aliphatic heterocycles. The highest BCUT2D eigenvalue weighted by atomic mass is 16.6. The lowest BCUT2D eigenvalue weighted by Gasteiger charge is -2.22. The number of hydrogen-bond donors (Lipinski definition) is 5. The minimum Gasteiger partial charge on any atom is -0.480 e. The SMILES string of the molecule is CC(C)[C@H](NC(=O)CC1OC1C(Cc1ccccc1)NC(=O)[C@@H](CC(N)=O)NC(=O)c1ccc2ccccc2n1)C(=O)O. The van der Waals surface area contributed by atoms with Crippen molar-refractivity contribution in [3.8, 4) is 0 Å². The van der Waals surface area contributed by atoms with Crippen LogP contribution in [0.5, 0.6) is 0 Å². The number of aliphatic carboxylic acids is 1. The van der Waals surface area contributed by atoms with E-state index in [-0.39, 0.29) is 18.0 Å². The van der Waals surface area contributed by atoms with Crippen molar-refractivity contribution in [2.45, 2.75) is 63.4 Å². The first-order valence-corrected chi connectivity index (χ1v) is 14.0. The van der Waals surface area contributed by atoms with Gasteiger partial charge in [0.2, 0.25) is 17.7 Å². The second kappa shape index (κ2) is 13.9. The lowest BCUT2D eigenvalue weighted by Crippen LogP contribution is -2.53. The molecule has 3 aromatic rings. The Hall–Kier alpha value is -4.84. The van der Waals surface area contributed by atoms with E-state index in [1.807, 2.05) is 42.5 Å². The first-order valence-electron chi connectivity index (χ1n) is 14.0. The molecule has 226 valence electrons. The van der Waals surface area contributed by atoms with Crippen LogP contribution in [0.25, 0.3) is 10.9 Å². The molecule has 0 saturated carbocycles. The van der Waals surface area contributed by atoms with E-state index < -0.39 is 66.4 Å². The number of amides is 4. The molecule has 2 aromatic carbocycles. The van der Waals surface area contributed by atoms with Gasteiger partial charge in [-0.15, -0.1) is 0 Å². The fourth-order valence-corrected chi connectivity index (χ4v) is 4.84. The number of nitrogens with one attached hydrogen (secondary N) is 3. The van der Waals surface area contributed by atoms with E-state index in [0.29, 0.717) is 11.9 Å². The Bertz CT molecular complexity index is 1500. The minimum absolute atomic E-state index is 0.0690. The molecule has 12 heteroatoms. The third kappa shape index (κ3) is 8.58. The van der Waals surface area contributed by atoms with Gasteiger partial charge in [-0.3, -0.25) is 19.2 Å². The van der Waals surface area contributed by atoms with Crippen LogP contribution in [0.2, 0.25) is 0 Å². The monoisotopic (exact) mass is 589 g/mol. The smallest absolute Gasteiger partial charge is 0.326 e. The summed E-state index contributed by atoms with van der Waals surface area (Å²) in [4.78, 5) is 66.8. The molecular formula is C31H35N5O7. The maximum absolute atomic E-state index is 13.5. The van der Waals surface area contributed by atoms with Crippen LogP contribution in [0.3, 0.4) is 0 Å². The number of aromatic nitrogens is 1. The third-order valence-corrected chi connectivity index (χ3v) is 7.14. The number of carbonyl (C=O) groups is 5. The Labute approximate surface area is 248 Å². The lowest BCUT2D eigenvalue weighted by molar-refractivity contribution is -0.143. The highest BCUT2D eigenvalue weighted by Gasteiger charge is 2.47. The van der Waals surface area contributed by atoms with E-state index >= 15 is 0 Å². The molecule has 6 N–H and O–H groups in total. The molecule has 1 aromatic heterocycles. The summed E-state index contributed by atoms with van der Waals surface area (Å²) in [5.74, 6) is -4.03. The molecule has 2 heterocycles. The fourth-order valence-electron chi connectivity index (χ4n) is 4.84. The first kappa shape index (κ1) is 31.1. The van der Waals surface area contributed by atoms with Crippen molar-refractivity contribution in [3.63, 3.8) is 0 Å². The number of carboxylic acid groups (broad SMARTS) is 1. The predicted octanol–water partition coefficient (Wildman–Crippen LogP) is 1.32. The number of fused-ring (bicyclic) bond motifs is 1. The molecule has 1 fully saturated rings. The average Bonchev–Trinajstić information content (AvgIpc) is 3.73. The van der Waals surface area contributed by atoms with Gasteiger partial charge in [0.25, 0.3) is 5.91 Å². The van der Waals surface area contributed by atoms with E-state index in [1.54, 1.807) is 32.0 Å². The number of nitrogens with zero attached hydrogens (tertiary/aromatic N) is 1. The highest BCUT2D eigenvalue weighted by molar-refractivity contribution is 5.99. The molecular weight excluding hydrogens is 554 g/mol. The Balaban J connectivity index is 1.46. The normalized spacial score (nSPS) is 17.8. The van der Waals surface area contributed by atoms with Crippen molar-refractivity contribution in [1.29, 1.82) is 0 Å². The second-order valence-corrected chi connectivity index (χ2v) is 10.9. The molecule has 0 radical (unpaired) electrons. The van der Waals surface area contributed by atoms with Gasteiger partial charge in [-0.25, -0.2) is 9.78 Å². The number of pyridine rings is 1. The molecule has 4 amide bonds. The van der Waals surface area contributed by atoms with Crippen LogP contribution in [0.15, 0.2) is 66.7 Å². The van der Waals surface area contributed by atoms with Crippen LogP contribution in [0.1, 0.15) is 42.7 Å². The molecule has 0 spiro atoms. The number of nitrogens with two attached hydrogens (primary N) is 1. The van der Waals surface area contributed by atoms with Crippen molar-refractivity contribution in [2.24, 2.45) is 11.7 Å². The summed E-state index contributed by atoms with van der Waals surface area (Å²) in [7, 11) is 0. The summed E-state index contributed by atoms with van der Waals surface area (Å²) >= 11 is 0. The number of rotatable bonds is 14. The van der Waals surface area contributed by atoms with Crippen LogP contribution in [-0.4, -0.2) is 70.0 Å². The van der Waals surface area contributed by atoms with Gasteiger partial charge in [-0.05, 0) is 30.0 Å². The summed E-state index contributed by atoms with van der Waals surface area (Å²) in [5, 5.41) is 18.2. The van der Waals surface area contributed by atoms with Gasteiger partial charge in [-0.1, -0.05) is 68.4 Å². The van der Waals surface area contributed by atoms with Crippen LogP contribution in [0.4, 0.5) is 0 Å². The van der Waals surface area contributed by atoms with Gasteiger partial charge in [0.05, 0.1) is 30.5 Å². The molecule has 0 bridgehead atoms. The largest absolute Gasteiger partial charge is 0.480 e. The summed E-state index contributed by atoms with van der Waals surface area (Å²) in [6.07, 6.45) is -1.35. The zero-order valence-electron chi connectivity index (χ0n) is 23.9. The van der Waals surface area contributed by atoms with Crippen LogP contribution < -0.4 is 21.7 Å². The van der Waals surface area contributed by atoms with Crippen molar-refractivity contribution in [1.82, 2.24) is 20.9 Å². The Kier molecular flexibility index (Phi) is 10.0. The van der Waals surface area contributed by atoms with E-state index in [2.05, 4.69) is 20.9 Å². The van der Waals surface area contributed by atoms with Gasteiger partial charge in [-0.2, -0.15) is 0 Å². The quantitative estimate of drug-likeness (QED) is 0.174. The number of primary amides is 1. The summed E-state index contributed by atoms with van der Waals surface area (Å²) in [5.41, 5.74) is 6.96. The number of epoxide rings is 1. The highest BCUT2D eigenvalue weighted by Crippen LogP contribution is 2.30. The number of hydrogen-bond acceptors (Lipinski definition) is 7. The van der Waals surface area contributed by atoms with Gasteiger partial charge in [0.1, 0.15) is 23.9 Å². The topological polar surface area (TPSA) is 193 Å². The molecule has 43 heavy (non-hydrogen) atoms. The van der Waals surface area contributed by atoms with Crippen LogP contribution in [0, 0.1) is 5.92 Å². The molecule has 3 unspecified atom stereocenters. The Morgan fingerprint density at radius 2 is 1.63 bits per heavy atom. The van der Waals surface area contributed by atoms with Gasteiger partial charge in [0.15, 0.2) is 0 Å². The number of ether oxygens (including phenoxy) is 1. The van der Waals surface area contributed by atoms with E-state index in [0.717, 1.165) is 10.9 Å². The van der Waals surface area contributed by atoms with Crippen molar-refractivity contribution >= 4 is 40.5 Å². The summed E-state index contributed by atoms with van der Waals surface area (Å²) in [6.45, 7) is 3.39. The first-order chi connectivity index (χ1) is 20.5. The van der Waals surface area contributed by atoms with Gasteiger partial charge >= 0.3 is 5.97 Å². The third-order valence-electron chi connectivity index (χ3n) is 7.14. The van der Waals surface area contributed by atoms with Crippen LogP contribution >= 0.6 is 0 Å². The van der Waals surface area contributed by atoms with Gasteiger partial charge < -0.3 is 31.5 Å². The molecule has 1 aliphatic rings. The predicted molar refractivity (Wildman–Crippen MR) is 157 cm³/mol. The molecule has 1 saturated heterocycles. The molecule has 4 rings (SSSR count). The standard InChI is InChI=1S/C31H35N5O7/c1-17(2)27(31(41)42)36-26(38)16-24-28(43-24)22(14-18-8-4-3-5-9-18)34-30(40)23(15-25(32)37)35-29(39)21-13-12-19-10-6-7-11-20(19)33-21/h3-13,17,22-24,27-28H,14-16H2,1-2H3,(H2,32,37)(H,34,40)(H,35,39)(H,36,38)(H,41,42)/t22?,23-,24?,27+,28?/m1/s1. The lowest BCUT2D eigenvalue weighted by atomic mass is 9.99. The summed E-state index contributed by atoms with van der Waals surface area (Å²) < 4.78 is 5.77. The van der Waals surface area contributed by atoms with E-state index in [9.17, 15) is 29.1 Å². The summed E-state index contributed by atoms with van der Waals surface area (Å²) in [6, 6.07) is 16.8. The number of benzene rings is 2. The maximum Gasteiger partial charge on any atom is 0.326 e. The van der Waals surface area contributed by atoms with Crippen molar-refractivity contribution in [2.75, 3.05) is 0 Å². The zero-order valence-corrected chi connectivity index (χ0v) is 23.9. The number of para-hydroxylation sites is 1.